The monoisotopic (exact) mass is 466 g/mol. The highest BCUT2D eigenvalue weighted by Gasteiger charge is 2.32. The number of sulfonamides is 1. The Balaban J connectivity index is 1.47. The minimum absolute atomic E-state index is 0.159. The average molecular weight is 466 g/mol. The first-order valence-electron chi connectivity index (χ1n) is 9.84. The summed E-state index contributed by atoms with van der Waals surface area (Å²) >= 11 is 0. The number of piperazine rings is 1. The van der Waals surface area contributed by atoms with Crippen molar-refractivity contribution in [2.24, 2.45) is 0 Å². The number of hydrogen-bond donors (Lipinski definition) is 0. The predicted molar refractivity (Wildman–Crippen MR) is 111 cm³/mol. The molecule has 1 aliphatic heterocycles. The molecular formula is C20H21F3N6O2S. The number of aromatic nitrogens is 4. The highest BCUT2D eigenvalue weighted by molar-refractivity contribution is 7.89. The number of benzene rings is 1. The fourth-order valence-corrected chi connectivity index (χ4v) is 5.03. The van der Waals surface area contributed by atoms with E-state index in [4.69, 9.17) is 0 Å². The summed E-state index contributed by atoms with van der Waals surface area (Å²) in [6, 6.07) is 7.28. The van der Waals surface area contributed by atoms with E-state index in [0.29, 0.717) is 24.7 Å². The molecule has 170 valence electrons. The second kappa shape index (κ2) is 8.17. The quantitative estimate of drug-likeness (QED) is 0.588. The molecule has 0 atom stereocenters. The molecule has 1 aromatic carbocycles. The van der Waals surface area contributed by atoms with Gasteiger partial charge in [-0.3, -0.25) is 0 Å². The fourth-order valence-electron chi connectivity index (χ4n) is 3.61. The third kappa shape index (κ3) is 4.32. The van der Waals surface area contributed by atoms with Crippen molar-refractivity contribution in [1.82, 2.24) is 24.1 Å². The van der Waals surface area contributed by atoms with E-state index in [-0.39, 0.29) is 18.0 Å². The molecule has 1 aliphatic rings. The molecule has 8 nitrogen and oxygen atoms in total. The molecule has 32 heavy (non-hydrogen) atoms. The van der Waals surface area contributed by atoms with Gasteiger partial charge in [-0.2, -0.15) is 22.6 Å². The Hall–Kier alpha value is -2.99. The summed E-state index contributed by atoms with van der Waals surface area (Å²) in [7, 11) is -3.89. The van der Waals surface area contributed by atoms with Gasteiger partial charge < -0.3 is 4.90 Å². The molecule has 3 aromatic rings. The van der Waals surface area contributed by atoms with Crippen molar-refractivity contribution in [2.75, 3.05) is 31.1 Å². The van der Waals surface area contributed by atoms with Gasteiger partial charge in [0.1, 0.15) is 12.1 Å². The Morgan fingerprint density at radius 2 is 1.53 bits per heavy atom. The number of aryl methyl sites for hydroxylation is 2. The molecule has 12 heteroatoms. The van der Waals surface area contributed by atoms with Crippen molar-refractivity contribution >= 4 is 15.8 Å². The summed E-state index contributed by atoms with van der Waals surface area (Å²) in [4.78, 5) is 10.4. The minimum Gasteiger partial charge on any atom is -0.354 e. The van der Waals surface area contributed by atoms with E-state index in [0.717, 1.165) is 35.7 Å². The zero-order chi connectivity index (χ0) is 23.1. The van der Waals surface area contributed by atoms with Gasteiger partial charge in [-0.05, 0) is 44.2 Å². The van der Waals surface area contributed by atoms with E-state index < -0.39 is 21.8 Å². The highest BCUT2D eigenvalue weighted by atomic mass is 32.2. The van der Waals surface area contributed by atoms with Crippen molar-refractivity contribution in [1.29, 1.82) is 0 Å². The summed E-state index contributed by atoms with van der Waals surface area (Å²) in [5.74, 6) is 1.26. The molecule has 0 bridgehead atoms. The van der Waals surface area contributed by atoms with Crippen molar-refractivity contribution in [3.05, 3.63) is 59.7 Å². The summed E-state index contributed by atoms with van der Waals surface area (Å²) in [5, 5.41) is 4.42. The second-order valence-electron chi connectivity index (χ2n) is 7.49. The Bertz CT molecular complexity index is 1220. The van der Waals surface area contributed by atoms with Crippen LogP contribution < -0.4 is 4.90 Å². The van der Waals surface area contributed by atoms with Crippen molar-refractivity contribution < 1.29 is 21.6 Å². The van der Waals surface area contributed by atoms with Gasteiger partial charge in [0.15, 0.2) is 5.82 Å². The summed E-state index contributed by atoms with van der Waals surface area (Å²) in [6.45, 7) is 4.95. The van der Waals surface area contributed by atoms with E-state index in [2.05, 4.69) is 15.1 Å². The molecule has 1 saturated heterocycles. The van der Waals surface area contributed by atoms with E-state index in [1.54, 1.807) is 10.7 Å². The van der Waals surface area contributed by atoms with E-state index >= 15 is 0 Å². The standard InChI is InChI=1S/C20H21F3N6O2S/c1-14-11-15(2)29(26-14)19-12-18(24-13-25-19)27-7-9-28(10-8-27)32(30,31)17-5-3-16(4-6-17)20(21,22)23/h3-6,11-13H,7-10H2,1-2H3. The first-order valence-corrected chi connectivity index (χ1v) is 11.3. The van der Waals surface area contributed by atoms with Gasteiger partial charge in [-0.25, -0.2) is 23.1 Å². The molecule has 0 unspecified atom stereocenters. The average Bonchev–Trinajstić information content (AvgIpc) is 3.11. The molecule has 0 aliphatic carbocycles. The van der Waals surface area contributed by atoms with E-state index in [1.165, 1.54) is 10.6 Å². The molecule has 0 saturated carbocycles. The molecular weight excluding hydrogens is 445 g/mol. The van der Waals surface area contributed by atoms with Gasteiger partial charge in [0.2, 0.25) is 10.0 Å². The van der Waals surface area contributed by atoms with Crippen LogP contribution in [0, 0.1) is 13.8 Å². The Kier molecular flexibility index (Phi) is 5.67. The molecule has 0 spiro atoms. The Labute approximate surface area is 183 Å². The van der Waals surface area contributed by atoms with Crippen LogP contribution in [0.4, 0.5) is 19.0 Å². The van der Waals surface area contributed by atoms with Crippen LogP contribution in [0.1, 0.15) is 17.0 Å². The molecule has 0 N–H and O–H groups in total. The number of hydrogen-bond acceptors (Lipinski definition) is 6. The molecule has 0 amide bonds. The van der Waals surface area contributed by atoms with Gasteiger partial charge in [-0.15, -0.1) is 0 Å². The lowest BCUT2D eigenvalue weighted by Gasteiger charge is -2.34. The maximum absolute atomic E-state index is 12.9. The van der Waals surface area contributed by atoms with Crippen LogP contribution in [-0.2, 0) is 16.2 Å². The van der Waals surface area contributed by atoms with Crippen LogP contribution in [0.2, 0.25) is 0 Å². The van der Waals surface area contributed by atoms with Crippen LogP contribution in [0.15, 0.2) is 47.6 Å². The third-order valence-electron chi connectivity index (χ3n) is 5.25. The lowest BCUT2D eigenvalue weighted by Crippen LogP contribution is -2.49. The normalized spacial score (nSPS) is 15.8. The largest absolute Gasteiger partial charge is 0.416 e. The number of anilines is 1. The van der Waals surface area contributed by atoms with Crippen LogP contribution >= 0.6 is 0 Å². The maximum Gasteiger partial charge on any atom is 0.416 e. The number of alkyl halides is 3. The highest BCUT2D eigenvalue weighted by Crippen LogP contribution is 2.30. The number of halogens is 3. The molecule has 4 rings (SSSR count). The van der Waals surface area contributed by atoms with Gasteiger partial charge in [0.05, 0.1) is 16.2 Å². The zero-order valence-corrected chi connectivity index (χ0v) is 18.2. The topological polar surface area (TPSA) is 84.2 Å². The molecule has 3 heterocycles. The molecule has 2 aromatic heterocycles. The Morgan fingerprint density at radius 3 is 2.09 bits per heavy atom. The van der Waals surface area contributed by atoms with E-state index in [1.807, 2.05) is 24.8 Å². The predicted octanol–water partition coefficient (Wildman–Crippen LogP) is 2.81. The lowest BCUT2D eigenvalue weighted by molar-refractivity contribution is -0.137. The van der Waals surface area contributed by atoms with Crippen LogP contribution in [0.25, 0.3) is 5.82 Å². The smallest absolute Gasteiger partial charge is 0.354 e. The third-order valence-corrected chi connectivity index (χ3v) is 7.16. The SMILES string of the molecule is Cc1cc(C)n(-c2cc(N3CCN(S(=O)(=O)c4ccc(C(F)(F)F)cc4)CC3)ncn2)n1. The maximum atomic E-state index is 12.9. The number of nitrogens with zero attached hydrogens (tertiary/aromatic N) is 6. The van der Waals surface area contributed by atoms with Gasteiger partial charge in [0.25, 0.3) is 0 Å². The molecule has 0 radical (unpaired) electrons. The first kappa shape index (κ1) is 22.2. The first-order chi connectivity index (χ1) is 15.1. The zero-order valence-electron chi connectivity index (χ0n) is 17.4. The second-order valence-corrected chi connectivity index (χ2v) is 9.42. The summed E-state index contributed by atoms with van der Waals surface area (Å²) < 4.78 is 67.0. The lowest BCUT2D eigenvalue weighted by atomic mass is 10.2. The minimum atomic E-state index is -4.52. The van der Waals surface area contributed by atoms with Crippen LogP contribution in [-0.4, -0.2) is 58.7 Å². The Morgan fingerprint density at radius 1 is 0.906 bits per heavy atom. The van der Waals surface area contributed by atoms with Gasteiger partial charge >= 0.3 is 6.18 Å². The van der Waals surface area contributed by atoms with Crippen LogP contribution in [0.5, 0.6) is 0 Å². The van der Waals surface area contributed by atoms with Crippen molar-refractivity contribution in [3.63, 3.8) is 0 Å². The van der Waals surface area contributed by atoms with Crippen LogP contribution in [0.3, 0.4) is 0 Å². The summed E-state index contributed by atoms with van der Waals surface area (Å²) in [6.07, 6.45) is -3.08. The number of rotatable bonds is 4. The van der Waals surface area contributed by atoms with Gasteiger partial charge in [0, 0.05) is 37.9 Å². The van der Waals surface area contributed by atoms with Crippen molar-refractivity contribution in [3.8, 4) is 5.82 Å². The van der Waals surface area contributed by atoms with Gasteiger partial charge in [-0.1, -0.05) is 0 Å². The molecule has 1 fully saturated rings. The summed E-state index contributed by atoms with van der Waals surface area (Å²) in [5.41, 5.74) is 0.910. The van der Waals surface area contributed by atoms with Crippen molar-refractivity contribution in [2.45, 2.75) is 24.9 Å². The fraction of sp³-hybridized carbons (Fsp3) is 0.350. The van der Waals surface area contributed by atoms with E-state index in [9.17, 15) is 21.6 Å².